The second kappa shape index (κ2) is 12.2. The monoisotopic (exact) mass is 622 g/mol. The van der Waals surface area contributed by atoms with E-state index in [1.807, 2.05) is 24.4 Å². The van der Waals surface area contributed by atoms with E-state index in [9.17, 15) is 0 Å². The number of hydrogen-bond acceptors (Lipinski definition) is 4. The van der Waals surface area contributed by atoms with Gasteiger partial charge in [0, 0.05) is 39.6 Å². The number of ether oxygens (including phenoxy) is 1. The fourth-order valence-corrected chi connectivity index (χ4v) is 7.32. The molecule has 0 aliphatic heterocycles. The number of hydrogen-bond donors (Lipinski definition) is 0. The molecule has 0 unspecified atom stereocenters. The lowest BCUT2D eigenvalue weighted by molar-refractivity contribution is 0.482. The van der Waals surface area contributed by atoms with Crippen molar-refractivity contribution >= 4 is 33.6 Å². The van der Waals surface area contributed by atoms with Gasteiger partial charge >= 0.3 is 0 Å². The summed E-state index contributed by atoms with van der Waals surface area (Å²) in [5.74, 6) is 2.43. The van der Waals surface area contributed by atoms with Gasteiger partial charge in [-0.1, -0.05) is 38.1 Å². The Kier molecular flexibility index (Phi) is 7.91. The first-order valence-electron chi connectivity index (χ1n) is 15.9. The fourth-order valence-electron chi connectivity index (χ4n) is 6.73. The van der Waals surface area contributed by atoms with Crippen molar-refractivity contribution in [3.05, 3.63) is 125 Å². The summed E-state index contributed by atoms with van der Waals surface area (Å²) in [6.45, 7) is 10.9. The van der Waals surface area contributed by atoms with Crippen LogP contribution in [0.3, 0.4) is 0 Å². The second-order valence-corrected chi connectivity index (χ2v) is 12.7. The average molecular weight is 623 g/mol. The van der Waals surface area contributed by atoms with Crippen LogP contribution >= 0.6 is 11.8 Å². The van der Waals surface area contributed by atoms with Crippen molar-refractivity contribution in [2.75, 3.05) is 6.26 Å². The smallest absolute Gasteiger partial charge is 0.137 e. The van der Waals surface area contributed by atoms with Crippen molar-refractivity contribution in [1.82, 2.24) is 19.3 Å². The molecule has 0 saturated heterocycles. The number of benzene rings is 4. The van der Waals surface area contributed by atoms with Crippen LogP contribution in [0.1, 0.15) is 41.9 Å². The molecule has 0 atom stereocenters. The number of rotatable bonds is 8. The summed E-state index contributed by atoms with van der Waals surface area (Å²) in [7, 11) is 0. The van der Waals surface area contributed by atoms with E-state index in [-0.39, 0.29) is 0 Å². The van der Waals surface area contributed by atoms with Crippen LogP contribution < -0.4 is 4.74 Å². The molecule has 4 aromatic carbocycles. The first kappa shape index (κ1) is 29.9. The van der Waals surface area contributed by atoms with Crippen LogP contribution in [0.25, 0.3) is 44.4 Å². The van der Waals surface area contributed by atoms with Gasteiger partial charge in [0.25, 0.3) is 0 Å². The summed E-state index contributed by atoms with van der Waals surface area (Å²) in [6.07, 6.45) is 5.73. The highest BCUT2D eigenvalue weighted by molar-refractivity contribution is 7.98. The molecule has 0 saturated carbocycles. The van der Waals surface area contributed by atoms with Gasteiger partial charge in [-0.05, 0) is 117 Å². The second-order valence-electron chi connectivity index (χ2n) is 11.8. The molecular weight excluding hydrogens is 585 g/mol. The van der Waals surface area contributed by atoms with Crippen LogP contribution in [-0.2, 0) is 12.8 Å². The zero-order valence-corrected chi connectivity index (χ0v) is 28.1. The molecule has 0 spiro atoms. The van der Waals surface area contributed by atoms with Gasteiger partial charge in [-0.3, -0.25) is 4.57 Å². The Bertz CT molecular complexity index is 2220. The largest absolute Gasteiger partial charge is 0.457 e. The van der Waals surface area contributed by atoms with Crippen LogP contribution in [0, 0.1) is 20.8 Å². The third-order valence-corrected chi connectivity index (χ3v) is 9.50. The van der Waals surface area contributed by atoms with Crippen molar-refractivity contribution in [2.24, 2.45) is 0 Å². The van der Waals surface area contributed by atoms with Gasteiger partial charge in [0.15, 0.2) is 0 Å². The summed E-state index contributed by atoms with van der Waals surface area (Å²) in [4.78, 5) is 6.02. The van der Waals surface area contributed by atoms with Crippen molar-refractivity contribution in [3.63, 3.8) is 0 Å². The van der Waals surface area contributed by atoms with Crippen LogP contribution in [0.4, 0.5) is 0 Å². The molecule has 7 aromatic rings. The third kappa shape index (κ3) is 5.17. The summed E-state index contributed by atoms with van der Waals surface area (Å²) < 4.78 is 10.9. The van der Waals surface area contributed by atoms with E-state index in [0.29, 0.717) is 0 Å². The van der Waals surface area contributed by atoms with E-state index in [1.165, 1.54) is 49.2 Å². The number of aryl methyl sites for hydroxylation is 4. The van der Waals surface area contributed by atoms with Gasteiger partial charge in [-0.2, -0.15) is 5.10 Å². The van der Waals surface area contributed by atoms with Gasteiger partial charge in [-0.15, -0.1) is 11.8 Å². The third-order valence-electron chi connectivity index (χ3n) is 8.79. The van der Waals surface area contributed by atoms with Crippen molar-refractivity contribution in [2.45, 2.75) is 52.4 Å². The Morgan fingerprint density at radius 1 is 0.717 bits per heavy atom. The quantitative estimate of drug-likeness (QED) is 0.158. The van der Waals surface area contributed by atoms with Crippen molar-refractivity contribution in [1.29, 1.82) is 0 Å². The maximum absolute atomic E-state index is 6.57. The summed E-state index contributed by atoms with van der Waals surface area (Å²) >= 11 is 1.79. The predicted octanol–water partition coefficient (Wildman–Crippen LogP) is 10.6. The first-order chi connectivity index (χ1) is 22.4. The molecule has 0 radical (unpaired) electrons. The molecule has 3 aromatic heterocycles. The van der Waals surface area contributed by atoms with Gasteiger partial charge in [0.05, 0.1) is 28.1 Å². The minimum absolute atomic E-state index is 0.766. The highest BCUT2D eigenvalue weighted by Crippen LogP contribution is 2.38. The minimum atomic E-state index is 0.766. The lowest BCUT2D eigenvalue weighted by Crippen LogP contribution is -2.03. The van der Waals surface area contributed by atoms with Gasteiger partial charge in [-0.25, -0.2) is 9.67 Å². The maximum atomic E-state index is 6.57. The number of aromatic nitrogens is 4. The average Bonchev–Trinajstić information content (AvgIpc) is 3.59. The van der Waals surface area contributed by atoms with E-state index in [2.05, 4.69) is 123 Å². The molecule has 0 aliphatic rings. The Balaban J connectivity index is 1.30. The minimum Gasteiger partial charge on any atom is -0.457 e. The zero-order valence-electron chi connectivity index (χ0n) is 27.3. The highest BCUT2D eigenvalue weighted by atomic mass is 32.2. The molecule has 0 bridgehead atoms. The number of pyridine rings is 1. The standard InChI is InChI=1S/C40H38N4OS/c1-7-34-40(39-26(4)21-31(46-6)22-27(39)5)35(8-2)44(42-34)28-12-11-13-29(23-28)45-30-16-17-33-32-14-9-10-15-36(32)43(37(33)24-30)38-20-25(3)18-19-41-38/h9-24H,7-8H2,1-6H3. The molecule has 6 heteroatoms. The first-order valence-corrected chi connectivity index (χ1v) is 17.1. The number of fused-ring (bicyclic) bond motifs is 3. The fraction of sp³-hybridized carbons (Fsp3) is 0.200. The summed E-state index contributed by atoms with van der Waals surface area (Å²) in [6, 6.07) is 31.8. The molecule has 230 valence electrons. The summed E-state index contributed by atoms with van der Waals surface area (Å²) in [5.41, 5.74) is 11.8. The predicted molar refractivity (Wildman–Crippen MR) is 192 cm³/mol. The number of thioether (sulfide) groups is 1. The topological polar surface area (TPSA) is 44.9 Å². The van der Waals surface area contributed by atoms with Crippen molar-refractivity contribution < 1.29 is 4.74 Å². The molecule has 0 aliphatic carbocycles. The van der Waals surface area contributed by atoms with Gasteiger partial charge < -0.3 is 4.74 Å². The Labute approximate surface area is 274 Å². The van der Waals surface area contributed by atoms with Crippen molar-refractivity contribution in [3.8, 4) is 34.1 Å². The normalized spacial score (nSPS) is 11.5. The Morgan fingerprint density at radius 2 is 1.48 bits per heavy atom. The lowest BCUT2D eigenvalue weighted by Gasteiger charge is -2.15. The Morgan fingerprint density at radius 3 is 2.22 bits per heavy atom. The molecule has 46 heavy (non-hydrogen) atoms. The molecule has 0 N–H and O–H groups in total. The van der Waals surface area contributed by atoms with Crippen LogP contribution in [0.2, 0.25) is 0 Å². The van der Waals surface area contributed by atoms with E-state index >= 15 is 0 Å². The molecule has 7 rings (SSSR count). The van der Waals surface area contributed by atoms with E-state index in [0.717, 1.165) is 52.6 Å². The zero-order chi connectivity index (χ0) is 31.9. The maximum Gasteiger partial charge on any atom is 0.137 e. The van der Waals surface area contributed by atoms with E-state index in [4.69, 9.17) is 14.8 Å². The van der Waals surface area contributed by atoms with Crippen LogP contribution in [0.5, 0.6) is 11.5 Å². The van der Waals surface area contributed by atoms with E-state index < -0.39 is 0 Å². The highest BCUT2D eigenvalue weighted by Gasteiger charge is 2.22. The summed E-state index contributed by atoms with van der Waals surface area (Å²) in [5, 5.41) is 7.54. The number of para-hydroxylation sites is 1. The van der Waals surface area contributed by atoms with E-state index in [1.54, 1.807) is 11.8 Å². The van der Waals surface area contributed by atoms with Crippen LogP contribution in [-0.4, -0.2) is 25.6 Å². The molecule has 5 nitrogen and oxygen atoms in total. The number of nitrogens with zero attached hydrogens (tertiary/aromatic N) is 4. The molecule has 0 fully saturated rings. The molecular formula is C40H38N4OS. The SMILES string of the molecule is CCc1nn(-c2cccc(Oc3ccc4c5ccccc5n(-c5cc(C)ccn5)c4c3)c2)c(CC)c1-c1c(C)cc(SC)cc1C. The lowest BCUT2D eigenvalue weighted by atomic mass is 9.92. The van der Waals surface area contributed by atoms with Gasteiger partial charge in [0.2, 0.25) is 0 Å². The molecule has 0 amide bonds. The Hall–Kier alpha value is -4.81. The molecule has 3 heterocycles. The van der Waals surface area contributed by atoms with Crippen LogP contribution in [0.15, 0.2) is 102 Å². The van der Waals surface area contributed by atoms with Gasteiger partial charge in [0.1, 0.15) is 17.3 Å².